The highest BCUT2D eigenvalue weighted by Crippen LogP contribution is 2.27. The van der Waals surface area contributed by atoms with Gasteiger partial charge in [-0.2, -0.15) is 13.2 Å². The summed E-state index contributed by atoms with van der Waals surface area (Å²) in [5.74, 6) is -0.578. The molecule has 3 N–H and O–H groups in total. The highest BCUT2D eigenvalue weighted by atomic mass is 19.4. The van der Waals surface area contributed by atoms with Crippen LogP contribution in [0, 0.1) is 12.3 Å². The Morgan fingerprint density at radius 3 is 2.43 bits per heavy atom. The molecular weight excluding hydrogens is 197 g/mol. The Kier molecular flexibility index (Phi) is 2.41. The lowest BCUT2D eigenvalue weighted by Crippen LogP contribution is -2.18. The number of hydrogen-bond donors (Lipinski definition) is 2. The minimum absolute atomic E-state index is 0.0648. The molecule has 0 aromatic carbocycles. The maximum Gasteiger partial charge on any atom is 0.433 e. The van der Waals surface area contributed by atoms with Gasteiger partial charge >= 0.3 is 6.18 Å². The quantitative estimate of drug-likeness (QED) is 0.531. The topological polar surface area (TPSA) is 75.7 Å². The Bertz CT molecular complexity index is 372. The van der Waals surface area contributed by atoms with Gasteiger partial charge in [0.25, 0.3) is 0 Å². The first-order valence-electron chi connectivity index (χ1n) is 3.58. The molecule has 1 rings (SSSR count). The van der Waals surface area contributed by atoms with Crippen molar-refractivity contribution in [1.29, 1.82) is 5.41 Å². The second-order valence-corrected chi connectivity index (χ2v) is 2.60. The van der Waals surface area contributed by atoms with Crippen LogP contribution in [0.3, 0.4) is 0 Å². The zero-order valence-electron chi connectivity index (χ0n) is 7.18. The number of aryl methyl sites for hydroxylation is 1. The normalized spacial score (nSPS) is 11.4. The van der Waals surface area contributed by atoms with E-state index in [0.717, 1.165) is 0 Å². The Morgan fingerprint density at radius 2 is 2.00 bits per heavy atom. The minimum Gasteiger partial charge on any atom is -0.382 e. The lowest BCUT2D eigenvalue weighted by atomic mass is 10.3. The fraction of sp³-hybridized carbons (Fsp3) is 0.286. The van der Waals surface area contributed by atoms with Crippen LogP contribution in [-0.2, 0) is 6.18 Å². The number of hydrogen-bond acceptors (Lipinski definition) is 3. The van der Waals surface area contributed by atoms with Gasteiger partial charge in [0.15, 0.2) is 0 Å². The van der Waals surface area contributed by atoms with E-state index in [1.165, 1.54) is 6.92 Å². The summed E-state index contributed by atoms with van der Waals surface area (Å²) in [5.41, 5.74) is 3.71. The van der Waals surface area contributed by atoms with Crippen molar-refractivity contribution < 1.29 is 13.2 Å². The number of nitrogens with one attached hydrogen (secondary N) is 1. The maximum absolute atomic E-state index is 12.2. The van der Waals surface area contributed by atoms with Gasteiger partial charge in [-0.3, -0.25) is 5.41 Å². The van der Waals surface area contributed by atoms with Crippen molar-refractivity contribution in [3.8, 4) is 0 Å². The van der Waals surface area contributed by atoms with Crippen molar-refractivity contribution in [1.82, 2.24) is 9.97 Å². The first kappa shape index (κ1) is 10.4. The standard InChI is InChI=1S/C7H7F3N4/c1-3-13-4(6(11)12)2-5(14-3)7(8,9)10/h2H,1H3,(H3,11,12). The fourth-order valence-corrected chi connectivity index (χ4v) is 0.851. The summed E-state index contributed by atoms with van der Waals surface area (Å²) in [6.07, 6.45) is -4.54. The maximum atomic E-state index is 12.2. The van der Waals surface area contributed by atoms with Crippen molar-refractivity contribution in [2.75, 3.05) is 0 Å². The van der Waals surface area contributed by atoms with E-state index < -0.39 is 17.7 Å². The molecule has 76 valence electrons. The van der Waals surface area contributed by atoms with Crippen LogP contribution in [0.2, 0.25) is 0 Å². The Labute approximate surface area is 77.5 Å². The predicted octanol–water partition coefficient (Wildman–Crippen LogP) is 1.09. The highest BCUT2D eigenvalue weighted by Gasteiger charge is 2.33. The zero-order valence-corrected chi connectivity index (χ0v) is 7.18. The summed E-state index contributed by atoms with van der Waals surface area (Å²) in [6, 6.07) is 0.648. The van der Waals surface area contributed by atoms with E-state index in [9.17, 15) is 13.2 Å². The average molecular weight is 204 g/mol. The molecule has 0 spiro atoms. The molecule has 0 fully saturated rings. The SMILES string of the molecule is Cc1nc(C(=N)N)cc(C(F)(F)F)n1. The van der Waals surface area contributed by atoms with Crippen molar-refractivity contribution in [3.05, 3.63) is 23.3 Å². The number of alkyl halides is 3. The minimum atomic E-state index is -4.54. The second-order valence-electron chi connectivity index (χ2n) is 2.60. The van der Waals surface area contributed by atoms with Gasteiger partial charge in [-0.1, -0.05) is 0 Å². The molecule has 0 aliphatic rings. The van der Waals surface area contributed by atoms with E-state index in [1.54, 1.807) is 0 Å². The smallest absolute Gasteiger partial charge is 0.382 e. The number of amidine groups is 1. The van der Waals surface area contributed by atoms with Gasteiger partial charge in [-0.15, -0.1) is 0 Å². The van der Waals surface area contributed by atoms with Crippen molar-refractivity contribution >= 4 is 5.84 Å². The van der Waals surface area contributed by atoms with Crippen molar-refractivity contribution in [2.45, 2.75) is 13.1 Å². The van der Waals surface area contributed by atoms with Crippen LogP contribution in [0.25, 0.3) is 0 Å². The highest BCUT2D eigenvalue weighted by molar-refractivity contribution is 5.93. The number of nitrogens with zero attached hydrogens (tertiary/aromatic N) is 2. The largest absolute Gasteiger partial charge is 0.433 e. The van der Waals surface area contributed by atoms with Gasteiger partial charge in [0.05, 0.1) is 0 Å². The molecule has 0 saturated heterocycles. The Balaban J connectivity index is 3.28. The molecule has 1 aromatic rings. The van der Waals surface area contributed by atoms with Crippen molar-refractivity contribution in [3.63, 3.8) is 0 Å². The summed E-state index contributed by atoms with van der Waals surface area (Å²) in [6.45, 7) is 1.31. The average Bonchev–Trinajstić information content (AvgIpc) is 2.01. The van der Waals surface area contributed by atoms with Gasteiger partial charge < -0.3 is 5.73 Å². The second kappa shape index (κ2) is 3.24. The van der Waals surface area contributed by atoms with Gasteiger partial charge in [-0.25, -0.2) is 9.97 Å². The molecule has 0 aliphatic carbocycles. The van der Waals surface area contributed by atoms with E-state index >= 15 is 0 Å². The summed E-state index contributed by atoms with van der Waals surface area (Å²) in [7, 11) is 0. The molecular formula is C7H7F3N4. The molecule has 7 heteroatoms. The predicted molar refractivity (Wildman–Crippen MR) is 42.8 cm³/mol. The molecule has 0 atom stereocenters. The van der Waals surface area contributed by atoms with Crippen LogP contribution in [0.5, 0.6) is 0 Å². The number of halogens is 3. The molecule has 1 heterocycles. The van der Waals surface area contributed by atoms with Crippen molar-refractivity contribution in [2.24, 2.45) is 5.73 Å². The van der Waals surface area contributed by atoms with Crippen LogP contribution < -0.4 is 5.73 Å². The van der Waals surface area contributed by atoms with E-state index in [0.29, 0.717) is 6.07 Å². The first-order valence-corrected chi connectivity index (χ1v) is 3.58. The van der Waals surface area contributed by atoms with Crippen LogP contribution >= 0.6 is 0 Å². The van der Waals surface area contributed by atoms with E-state index in [4.69, 9.17) is 11.1 Å². The molecule has 0 aliphatic heterocycles. The Morgan fingerprint density at radius 1 is 1.43 bits per heavy atom. The number of nitrogens with two attached hydrogens (primary N) is 1. The number of rotatable bonds is 1. The monoisotopic (exact) mass is 204 g/mol. The first-order chi connectivity index (χ1) is 6.30. The summed E-state index contributed by atoms with van der Waals surface area (Å²) in [5, 5.41) is 6.95. The van der Waals surface area contributed by atoms with Crippen LogP contribution in [0.4, 0.5) is 13.2 Å². The fourth-order valence-electron chi connectivity index (χ4n) is 0.851. The van der Waals surface area contributed by atoms with E-state index in [2.05, 4.69) is 9.97 Å². The molecule has 0 saturated carbocycles. The zero-order chi connectivity index (χ0) is 10.9. The molecule has 0 unspecified atom stereocenters. The molecule has 1 aromatic heterocycles. The Hall–Kier alpha value is -1.66. The number of aromatic nitrogens is 2. The van der Waals surface area contributed by atoms with Crippen LogP contribution in [0.15, 0.2) is 6.07 Å². The van der Waals surface area contributed by atoms with Gasteiger partial charge in [-0.05, 0) is 13.0 Å². The van der Waals surface area contributed by atoms with Gasteiger partial charge in [0.1, 0.15) is 23.0 Å². The molecule has 14 heavy (non-hydrogen) atoms. The summed E-state index contributed by atoms with van der Waals surface area (Å²) in [4.78, 5) is 6.79. The third-order valence-electron chi connectivity index (χ3n) is 1.40. The molecule has 0 amide bonds. The van der Waals surface area contributed by atoms with Crippen LogP contribution in [0.1, 0.15) is 17.2 Å². The third-order valence-corrected chi connectivity index (χ3v) is 1.40. The van der Waals surface area contributed by atoms with Gasteiger partial charge in [0, 0.05) is 0 Å². The molecule has 4 nitrogen and oxygen atoms in total. The molecule has 0 radical (unpaired) electrons. The summed E-state index contributed by atoms with van der Waals surface area (Å²) >= 11 is 0. The van der Waals surface area contributed by atoms with E-state index in [-0.39, 0.29) is 11.5 Å². The lowest BCUT2D eigenvalue weighted by Gasteiger charge is -2.07. The van der Waals surface area contributed by atoms with Gasteiger partial charge in [0.2, 0.25) is 0 Å². The number of nitrogen functional groups attached to an aromatic ring is 1. The summed E-state index contributed by atoms with van der Waals surface area (Å²) < 4.78 is 36.6. The van der Waals surface area contributed by atoms with Crippen LogP contribution in [-0.4, -0.2) is 15.8 Å². The molecule has 0 bridgehead atoms. The van der Waals surface area contributed by atoms with E-state index in [1.807, 2.05) is 0 Å². The third kappa shape index (κ3) is 2.18. The lowest BCUT2D eigenvalue weighted by molar-refractivity contribution is -0.141.